The molecular weight excluding hydrogens is 188 g/mol. The number of aryl methyl sites for hydroxylation is 1. The SMILES string of the molecule is Cc1ccncc1C(N)C1CCOC1C. The number of ether oxygens (including phenoxy) is 1. The van der Waals surface area contributed by atoms with Crippen LogP contribution in [0.15, 0.2) is 18.5 Å². The van der Waals surface area contributed by atoms with Gasteiger partial charge in [-0.15, -0.1) is 0 Å². The Morgan fingerprint density at radius 2 is 2.40 bits per heavy atom. The molecule has 0 bridgehead atoms. The summed E-state index contributed by atoms with van der Waals surface area (Å²) in [5.74, 6) is 0.424. The lowest BCUT2D eigenvalue weighted by atomic mass is 9.88. The van der Waals surface area contributed by atoms with E-state index in [1.165, 1.54) is 5.56 Å². The summed E-state index contributed by atoms with van der Waals surface area (Å²) in [6, 6.07) is 2.06. The lowest BCUT2D eigenvalue weighted by Crippen LogP contribution is -2.27. The molecule has 3 unspecified atom stereocenters. The molecule has 2 N–H and O–H groups in total. The summed E-state index contributed by atoms with van der Waals surface area (Å²) in [5, 5.41) is 0. The second-order valence-corrected chi connectivity index (χ2v) is 4.29. The number of nitrogens with zero attached hydrogens (tertiary/aromatic N) is 1. The molecule has 82 valence electrons. The zero-order chi connectivity index (χ0) is 10.8. The van der Waals surface area contributed by atoms with Crippen molar-refractivity contribution in [2.45, 2.75) is 32.4 Å². The first-order valence-corrected chi connectivity index (χ1v) is 5.48. The minimum Gasteiger partial charge on any atom is -0.378 e. The first kappa shape index (κ1) is 10.6. The van der Waals surface area contributed by atoms with Crippen LogP contribution in [0.3, 0.4) is 0 Å². The molecule has 1 aliphatic rings. The van der Waals surface area contributed by atoms with Crippen LogP contribution in [0, 0.1) is 12.8 Å². The minimum atomic E-state index is 0.0520. The molecule has 0 amide bonds. The summed E-state index contributed by atoms with van der Waals surface area (Å²) in [5.41, 5.74) is 8.64. The van der Waals surface area contributed by atoms with Gasteiger partial charge in [0.1, 0.15) is 0 Å². The van der Waals surface area contributed by atoms with Crippen molar-refractivity contribution in [2.24, 2.45) is 11.7 Å². The predicted molar refractivity (Wildman–Crippen MR) is 59.4 cm³/mol. The van der Waals surface area contributed by atoms with Crippen LogP contribution in [0.4, 0.5) is 0 Å². The van der Waals surface area contributed by atoms with Gasteiger partial charge in [-0.25, -0.2) is 0 Å². The van der Waals surface area contributed by atoms with Crippen LogP contribution < -0.4 is 5.73 Å². The van der Waals surface area contributed by atoms with Gasteiger partial charge in [-0.2, -0.15) is 0 Å². The topological polar surface area (TPSA) is 48.1 Å². The van der Waals surface area contributed by atoms with E-state index < -0.39 is 0 Å². The Kier molecular flexibility index (Phi) is 3.03. The third kappa shape index (κ3) is 2.03. The molecule has 1 fully saturated rings. The highest BCUT2D eigenvalue weighted by Gasteiger charge is 2.31. The third-order valence-electron chi connectivity index (χ3n) is 3.33. The number of hydrogen-bond acceptors (Lipinski definition) is 3. The van der Waals surface area contributed by atoms with Gasteiger partial charge in [-0.05, 0) is 37.5 Å². The number of aromatic nitrogens is 1. The van der Waals surface area contributed by atoms with Crippen LogP contribution in [0.25, 0.3) is 0 Å². The van der Waals surface area contributed by atoms with E-state index >= 15 is 0 Å². The fraction of sp³-hybridized carbons (Fsp3) is 0.583. The van der Waals surface area contributed by atoms with E-state index in [9.17, 15) is 0 Å². The molecule has 3 heteroatoms. The summed E-state index contributed by atoms with van der Waals surface area (Å²) >= 11 is 0. The van der Waals surface area contributed by atoms with Crippen molar-refractivity contribution < 1.29 is 4.74 Å². The number of nitrogens with two attached hydrogens (primary N) is 1. The fourth-order valence-corrected chi connectivity index (χ4v) is 2.28. The van der Waals surface area contributed by atoms with E-state index in [4.69, 9.17) is 10.5 Å². The van der Waals surface area contributed by atoms with E-state index in [0.29, 0.717) is 5.92 Å². The van der Waals surface area contributed by atoms with Crippen molar-refractivity contribution in [3.63, 3.8) is 0 Å². The van der Waals surface area contributed by atoms with Crippen LogP contribution in [0.1, 0.15) is 30.5 Å². The number of rotatable bonds is 2. The van der Waals surface area contributed by atoms with Crippen molar-refractivity contribution in [1.82, 2.24) is 4.98 Å². The van der Waals surface area contributed by atoms with Gasteiger partial charge in [-0.1, -0.05) is 0 Å². The standard InChI is InChI=1S/C12H18N2O/c1-8-3-5-14-7-11(8)12(13)10-4-6-15-9(10)2/h3,5,7,9-10,12H,4,6,13H2,1-2H3. The van der Waals surface area contributed by atoms with Crippen molar-refractivity contribution in [3.8, 4) is 0 Å². The van der Waals surface area contributed by atoms with Gasteiger partial charge in [0.15, 0.2) is 0 Å². The highest BCUT2D eigenvalue weighted by atomic mass is 16.5. The van der Waals surface area contributed by atoms with Crippen molar-refractivity contribution in [2.75, 3.05) is 6.61 Å². The molecule has 1 saturated heterocycles. The number of pyridine rings is 1. The molecule has 1 aliphatic heterocycles. The summed E-state index contributed by atoms with van der Waals surface area (Å²) in [6.07, 6.45) is 5.00. The molecule has 3 atom stereocenters. The highest BCUT2D eigenvalue weighted by molar-refractivity contribution is 5.25. The molecule has 0 saturated carbocycles. The maximum Gasteiger partial charge on any atom is 0.0594 e. The minimum absolute atomic E-state index is 0.0520. The Bertz CT molecular complexity index is 340. The molecule has 0 aromatic carbocycles. The molecule has 0 radical (unpaired) electrons. The van der Waals surface area contributed by atoms with Gasteiger partial charge in [-0.3, -0.25) is 4.98 Å². The molecule has 0 spiro atoms. The van der Waals surface area contributed by atoms with Crippen LogP contribution in [0.2, 0.25) is 0 Å². The largest absolute Gasteiger partial charge is 0.378 e. The zero-order valence-corrected chi connectivity index (χ0v) is 9.31. The van der Waals surface area contributed by atoms with Crippen molar-refractivity contribution >= 4 is 0 Å². The second-order valence-electron chi connectivity index (χ2n) is 4.29. The Morgan fingerprint density at radius 3 is 3.00 bits per heavy atom. The van der Waals surface area contributed by atoms with Gasteiger partial charge >= 0.3 is 0 Å². The maximum absolute atomic E-state index is 6.27. The normalized spacial score (nSPS) is 27.9. The zero-order valence-electron chi connectivity index (χ0n) is 9.31. The summed E-state index contributed by atoms with van der Waals surface area (Å²) in [6.45, 7) is 5.01. The van der Waals surface area contributed by atoms with Crippen LogP contribution in [-0.2, 0) is 4.74 Å². The van der Waals surface area contributed by atoms with Gasteiger partial charge < -0.3 is 10.5 Å². The quantitative estimate of drug-likeness (QED) is 0.803. The van der Waals surface area contributed by atoms with Crippen LogP contribution in [0.5, 0.6) is 0 Å². The highest BCUT2D eigenvalue weighted by Crippen LogP contribution is 2.32. The van der Waals surface area contributed by atoms with Crippen molar-refractivity contribution in [3.05, 3.63) is 29.6 Å². The molecule has 0 aliphatic carbocycles. The fourth-order valence-electron chi connectivity index (χ4n) is 2.28. The lowest BCUT2D eigenvalue weighted by molar-refractivity contribution is 0.0994. The molecule has 3 nitrogen and oxygen atoms in total. The Balaban J connectivity index is 2.20. The lowest BCUT2D eigenvalue weighted by Gasteiger charge is -2.23. The predicted octanol–water partition coefficient (Wildman–Crippen LogP) is 1.81. The van der Waals surface area contributed by atoms with E-state index in [0.717, 1.165) is 18.6 Å². The summed E-state index contributed by atoms with van der Waals surface area (Å²) in [7, 11) is 0. The first-order valence-electron chi connectivity index (χ1n) is 5.48. The first-order chi connectivity index (χ1) is 7.20. The maximum atomic E-state index is 6.27. The monoisotopic (exact) mass is 206 g/mol. The Morgan fingerprint density at radius 1 is 1.60 bits per heavy atom. The summed E-state index contributed by atoms with van der Waals surface area (Å²) < 4.78 is 5.55. The average molecular weight is 206 g/mol. The molecule has 2 rings (SSSR count). The third-order valence-corrected chi connectivity index (χ3v) is 3.33. The van der Waals surface area contributed by atoms with E-state index in [-0.39, 0.29) is 12.1 Å². The van der Waals surface area contributed by atoms with E-state index in [2.05, 4.69) is 18.8 Å². The molecule has 1 aromatic heterocycles. The van der Waals surface area contributed by atoms with E-state index in [1.807, 2.05) is 12.3 Å². The van der Waals surface area contributed by atoms with E-state index in [1.54, 1.807) is 6.20 Å². The van der Waals surface area contributed by atoms with Gasteiger partial charge in [0.05, 0.1) is 6.10 Å². The summed E-state index contributed by atoms with van der Waals surface area (Å²) in [4.78, 5) is 4.14. The number of hydrogen-bond donors (Lipinski definition) is 1. The Hall–Kier alpha value is -0.930. The van der Waals surface area contributed by atoms with Crippen molar-refractivity contribution in [1.29, 1.82) is 0 Å². The molecule has 1 aromatic rings. The second kappa shape index (κ2) is 4.29. The molecular formula is C12H18N2O. The molecule has 2 heterocycles. The van der Waals surface area contributed by atoms with Crippen LogP contribution in [-0.4, -0.2) is 17.7 Å². The Labute approximate surface area is 90.7 Å². The van der Waals surface area contributed by atoms with Gasteiger partial charge in [0.25, 0.3) is 0 Å². The smallest absolute Gasteiger partial charge is 0.0594 e. The van der Waals surface area contributed by atoms with Gasteiger partial charge in [0.2, 0.25) is 0 Å². The molecule has 15 heavy (non-hydrogen) atoms. The van der Waals surface area contributed by atoms with Gasteiger partial charge in [0, 0.05) is 31.0 Å². The average Bonchev–Trinajstić information content (AvgIpc) is 2.64. The van der Waals surface area contributed by atoms with Crippen LogP contribution >= 0.6 is 0 Å².